The molecule has 0 spiro atoms. The molecule has 2 aromatic carbocycles. The summed E-state index contributed by atoms with van der Waals surface area (Å²) in [7, 11) is 3.15. The van der Waals surface area contributed by atoms with Gasteiger partial charge in [0.2, 0.25) is 5.88 Å². The van der Waals surface area contributed by atoms with Crippen molar-refractivity contribution in [1.82, 2.24) is 4.98 Å². The Labute approximate surface area is 175 Å². The van der Waals surface area contributed by atoms with E-state index in [-0.39, 0.29) is 0 Å². The van der Waals surface area contributed by atoms with Crippen LogP contribution in [-0.4, -0.2) is 19.2 Å². The molecule has 2 heterocycles. The number of nitriles is 1. The number of anilines is 2. The lowest BCUT2D eigenvalue weighted by atomic mass is 9.86. The lowest BCUT2D eigenvalue weighted by Gasteiger charge is -2.31. The van der Waals surface area contributed by atoms with Crippen molar-refractivity contribution in [1.29, 1.82) is 5.26 Å². The third-order valence-electron chi connectivity index (χ3n) is 5.18. The fourth-order valence-corrected chi connectivity index (χ4v) is 3.72. The van der Waals surface area contributed by atoms with E-state index in [1.54, 1.807) is 32.1 Å². The van der Waals surface area contributed by atoms with Crippen molar-refractivity contribution in [2.24, 2.45) is 5.73 Å². The van der Waals surface area contributed by atoms with Gasteiger partial charge in [-0.15, -0.1) is 0 Å². The zero-order valence-corrected chi connectivity index (χ0v) is 17.3. The molecule has 7 heteroatoms. The van der Waals surface area contributed by atoms with Gasteiger partial charge in [-0.05, 0) is 36.8 Å². The first-order valence-electron chi connectivity index (χ1n) is 9.44. The van der Waals surface area contributed by atoms with Gasteiger partial charge in [0.05, 0.1) is 37.5 Å². The van der Waals surface area contributed by atoms with Crippen molar-refractivity contribution >= 4 is 11.6 Å². The quantitative estimate of drug-likeness (QED) is 0.695. The molecule has 0 fully saturated rings. The van der Waals surface area contributed by atoms with Gasteiger partial charge in [-0.1, -0.05) is 23.8 Å². The number of hydrogen-bond donors (Lipinski definition) is 1. The Bertz CT molecular complexity index is 1170. The smallest absolute Gasteiger partial charge is 0.230 e. The molecule has 1 aromatic heterocycles. The summed E-state index contributed by atoms with van der Waals surface area (Å²) < 4.78 is 16.7. The van der Waals surface area contributed by atoms with Crippen LogP contribution in [0.15, 0.2) is 58.3 Å². The maximum absolute atomic E-state index is 10.0. The number of fused-ring (bicyclic) bond motifs is 1. The zero-order chi connectivity index (χ0) is 21.4. The summed E-state index contributed by atoms with van der Waals surface area (Å²) in [5, 5.41) is 10.0. The molecule has 0 amide bonds. The molecule has 30 heavy (non-hydrogen) atoms. The van der Waals surface area contributed by atoms with Crippen LogP contribution in [0.3, 0.4) is 0 Å². The lowest BCUT2D eigenvalue weighted by molar-refractivity contribution is 0.354. The molecule has 7 nitrogen and oxygen atoms in total. The van der Waals surface area contributed by atoms with Crippen LogP contribution in [0.1, 0.15) is 28.6 Å². The topological polar surface area (TPSA) is 97.5 Å². The van der Waals surface area contributed by atoms with E-state index in [4.69, 9.17) is 19.6 Å². The minimum atomic E-state index is -0.482. The number of nitrogens with two attached hydrogens (primary N) is 1. The highest BCUT2D eigenvalue weighted by atomic mass is 16.5. The molecule has 2 N–H and O–H groups in total. The van der Waals surface area contributed by atoms with Crippen molar-refractivity contribution in [3.8, 4) is 17.6 Å². The van der Waals surface area contributed by atoms with E-state index in [9.17, 15) is 5.26 Å². The Hall–Kier alpha value is -3.92. The number of rotatable bonds is 4. The van der Waals surface area contributed by atoms with Gasteiger partial charge >= 0.3 is 0 Å². The van der Waals surface area contributed by atoms with Gasteiger partial charge in [0.15, 0.2) is 17.4 Å². The Balaban J connectivity index is 1.93. The van der Waals surface area contributed by atoms with Crippen LogP contribution in [0.25, 0.3) is 0 Å². The Morgan fingerprint density at radius 2 is 1.77 bits per heavy atom. The van der Waals surface area contributed by atoms with Crippen LogP contribution < -0.4 is 20.1 Å². The van der Waals surface area contributed by atoms with Crippen molar-refractivity contribution in [3.63, 3.8) is 0 Å². The third-order valence-corrected chi connectivity index (χ3v) is 5.18. The highest BCUT2D eigenvalue weighted by molar-refractivity contribution is 5.73. The number of allylic oxidation sites excluding steroid dienone is 1. The van der Waals surface area contributed by atoms with Gasteiger partial charge in [0, 0.05) is 6.92 Å². The van der Waals surface area contributed by atoms with Gasteiger partial charge in [0.25, 0.3) is 0 Å². The summed E-state index contributed by atoms with van der Waals surface area (Å²) in [5.74, 6) is 2.00. The molecule has 0 bridgehead atoms. The van der Waals surface area contributed by atoms with Crippen LogP contribution in [0.2, 0.25) is 0 Å². The first kappa shape index (κ1) is 19.4. The number of nitrogens with zero attached hydrogens (tertiary/aromatic N) is 3. The SMILES string of the molecule is COc1ccc(C2C(C#N)=C(N)N(c3ccc(C)cc3)c3oc(C)nc32)cc1OC. The van der Waals surface area contributed by atoms with Gasteiger partial charge in [-0.2, -0.15) is 5.26 Å². The van der Waals surface area contributed by atoms with Crippen molar-refractivity contribution in [2.45, 2.75) is 19.8 Å². The van der Waals surface area contributed by atoms with E-state index in [0.29, 0.717) is 40.4 Å². The maximum atomic E-state index is 10.0. The molecule has 0 radical (unpaired) electrons. The van der Waals surface area contributed by atoms with Crippen LogP contribution in [0.4, 0.5) is 11.6 Å². The molecule has 1 aliphatic heterocycles. The van der Waals surface area contributed by atoms with Crippen LogP contribution >= 0.6 is 0 Å². The van der Waals surface area contributed by atoms with Crippen molar-refractivity contribution in [2.75, 3.05) is 19.1 Å². The molecular formula is C23H22N4O3. The number of ether oxygens (including phenoxy) is 2. The number of methoxy groups -OCH3 is 2. The highest BCUT2D eigenvalue weighted by Crippen LogP contribution is 2.47. The average Bonchev–Trinajstić information content (AvgIpc) is 3.13. The molecule has 152 valence electrons. The molecule has 4 rings (SSSR count). The Morgan fingerprint density at radius 1 is 1.07 bits per heavy atom. The number of benzene rings is 2. The highest BCUT2D eigenvalue weighted by Gasteiger charge is 2.38. The van der Waals surface area contributed by atoms with E-state index in [1.807, 2.05) is 43.3 Å². The monoisotopic (exact) mass is 402 g/mol. The number of aryl methyl sites for hydroxylation is 2. The van der Waals surface area contributed by atoms with E-state index in [0.717, 1.165) is 16.8 Å². The van der Waals surface area contributed by atoms with E-state index in [2.05, 4.69) is 11.1 Å². The minimum Gasteiger partial charge on any atom is -0.493 e. The molecule has 0 saturated carbocycles. The van der Waals surface area contributed by atoms with Gasteiger partial charge in [-0.3, -0.25) is 4.90 Å². The second-order valence-electron chi connectivity index (χ2n) is 7.05. The molecule has 0 aliphatic carbocycles. The van der Waals surface area contributed by atoms with Crippen LogP contribution in [-0.2, 0) is 0 Å². The summed E-state index contributed by atoms with van der Waals surface area (Å²) in [6, 6.07) is 15.7. The van der Waals surface area contributed by atoms with Crippen LogP contribution in [0, 0.1) is 25.2 Å². The van der Waals surface area contributed by atoms with E-state index >= 15 is 0 Å². The molecule has 1 atom stereocenters. The normalized spacial score (nSPS) is 15.6. The standard InChI is InChI=1S/C23H22N4O3/c1-13-5-8-16(9-6-13)27-22(25)17(12-24)20(21-23(27)30-14(2)26-21)15-7-10-18(28-3)19(11-15)29-4/h5-11,20H,25H2,1-4H3. The zero-order valence-electron chi connectivity index (χ0n) is 17.3. The van der Waals surface area contributed by atoms with Crippen molar-refractivity contribution in [3.05, 3.63) is 76.6 Å². The van der Waals surface area contributed by atoms with E-state index in [1.165, 1.54) is 0 Å². The predicted octanol–water partition coefficient (Wildman–Crippen LogP) is 4.29. The molecule has 0 saturated heterocycles. The Kier molecular flexibility index (Phi) is 4.84. The predicted molar refractivity (Wildman–Crippen MR) is 113 cm³/mol. The first-order valence-corrected chi connectivity index (χ1v) is 9.44. The summed E-state index contributed by atoms with van der Waals surface area (Å²) in [6.45, 7) is 3.79. The van der Waals surface area contributed by atoms with Gasteiger partial charge in [-0.25, -0.2) is 4.98 Å². The maximum Gasteiger partial charge on any atom is 0.230 e. The fourth-order valence-electron chi connectivity index (χ4n) is 3.72. The first-order chi connectivity index (χ1) is 14.5. The van der Waals surface area contributed by atoms with Gasteiger partial charge < -0.3 is 19.6 Å². The number of oxazole rings is 1. The van der Waals surface area contributed by atoms with Crippen LogP contribution in [0.5, 0.6) is 11.5 Å². The second kappa shape index (κ2) is 7.48. The molecular weight excluding hydrogens is 380 g/mol. The van der Waals surface area contributed by atoms with Gasteiger partial charge in [0.1, 0.15) is 11.5 Å². The average molecular weight is 402 g/mol. The molecule has 3 aromatic rings. The largest absolute Gasteiger partial charge is 0.493 e. The Morgan fingerprint density at radius 3 is 2.40 bits per heavy atom. The minimum absolute atomic E-state index is 0.310. The molecule has 1 aliphatic rings. The summed E-state index contributed by atoms with van der Waals surface area (Å²) in [5.41, 5.74) is 10.3. The second-order valence-corrected chi connectivity index (χ2v) is 7.05. The summed E-state index contributed by atoms with van der Waals surface area (Å²) >= 11 is 0. The summed E-state index contributed by atoms with van der Waals surface area (Å²) in [6.07, 6.45) is 0. The number of aromatic nitrogens is 1. The summed E-state index contributed by atoms with van der Waals surface area (Å²) in [4.78, 5) is 6.35. The van der Waals surface area contributed by atoms with E-state index < -0.39 is 5.92 Å². The fraction of sp³-hybridized carbons (Fsp3) is 0.217. The van der Waals surface area contributed by atoms with Crippen molar-refractivity contribution < 1.29 is 13.9 Å². The third kappa shape index (κ3) is 3.03. The number of hydrogen-bond acceptors (Lipinski definition) is 7. The molecule has 1 unspecified atom stereocenters. The lowest BCUT2D eigenvalue weighted by Crippen LogP contribution is -2.31.